The van der Waals surface area contributed by atoms with E-state index in [1.165, 1.54) is 12.3 Å². The number of nitrogens with zero attached hydrogens (tertiary/aromatic N) is 2. The first-order chi connectivity index (χ1) is 13.0. The summed E-state index contributed by atoms with van der Waals surface area (Å²) in [5, 5.41) is 0. The Balaban J connectivity index is 1.93. The Morgan fingerprint density at radius 2 is 1.74 bits per heavy atom. The summed E-state index contributed by atoms with van der Waals surface area (Å²) in [4.78, 5) is 7.56. The second-order valence-electron chi connectivity index (χ2n) is 5.32. The van der Waals surface area contributed by atoms with Crippen LogP contribution in [-0.4, -0.2) is 16.6 Å². The molecule has 3 rings (SSSR count). The van der Waals surface area contributed by atoms with E-state index in [2.05, 4.69) is 15.9 Å². The highest BCUT2D eigenvalue weighted by Gasteiger charge is 2.32. The molecule has 3 aromatic rings. The molecule has 2 aromatic heterocycles. The van der Waals surface area contributed by atoms with Gasteiger partial charge in [0.05, 0.1) is 6.20 Å². The summed E-state index contributed by atoms with van der Waals surface area (Å²) >= 11 is 0. The van der Waals surface area contributed by atoms with E-state index in [4.69, 9.17) is 15.9 Å². The van der Waals surface area contributed by atoms with Crippen molar-refractivity contribution >= 4 is 0 Å². The second kappa shape index (κ2) is 7.79. The first-order valence-corrected chi connectivity index (χ1v) is 7.81. The van der Waals surface area contributed by atoms with Gasteiger partial charge in [0.2, 0.25) is 5.88 Å². The second-order valence-corrected chi connectivity index (χ2v) is 5.32. The van der Waals surface area contributed by atoms with Crippen molar-refractivity contribution in [1.82, 2.24) is 9.97 Å². The predicted octanol–water partition coefficient (Wildman–Crippen LogP) is 4.97. The van der Waals surface area contributed by atoms with Crippen LogP contribution in [-0.2, 0) is 6.18 Å². The minimum absolute atomic E-state index is 0.0935. The molecule has 0 aliphatic rings. The third-order valence-corrected chi connectivity index (χ3v) is 3.50. The molecular weight excluding hydrogens is 357 g/mol. The standard InChI is InChI=1S/C20H13F3N2O2/c1-2-12-26-17-8-4-3-6-15(17)16-7-5-11-24-19(16)27-14-9-10-18(25-13-14)20(21,22)23/h1,3-11,13H,12H2. The lowest BCUT2D eigenvalue weighted by molar-refractivity contribution is -0.141. The lowest BCUT2D eigenvalue weighted by atomic mass is 10.1. The molecule has 0 N–H and O–H groups in total. The predicted molar refractivity (Wildman–Crippen MR) is 93.3 cm³/mol. The Bertz CT molecular complexity index is 964. The number of hydrogen-bond acceptors (Lipinski definition) is 4. The molecule has 27 heavy (non-hydrogen) atoms. The van der Waals surface area contributed by atoms with Crippen LogP contribution in [0, 0.1) is 12.3 Å². The Morgan fingerprint density at radius 1 is 0.963 bits per heavy atom. The number of hydrogen-bond donors (Lipinski definition) is 0. The van der Waals surface area contributed by atoms with Crippen LogP contribution in [0.2, 0.25) is 0 Å². The topological polar surface area (TPSA) is 44.2 Å². The molecule has 0 aliphatic carbocycles. The highest BCUT2D eigenvalue weighted by atomic mass is 19.4. The summed E-state index contributed by atoms with van der Waals surface area (Å²) in [6.45, 7) is 0.0935. The Kier molecular flexibility index (Phi) is 5.27. The van der Waals surface area contributed by atoms with Crippen molar-refractivity contribution in [1.29, 1.82) is 0 Å². The third-order valence-electron chi connectivity index (χ3n) is 3.50. The van der Waals surface area contributed by atoms with Crippen LogP contribution in [0.5, 0.6) is 17.4 Å². The van der Waals surface area contributed by atoms with Gasteiger partial charge < -0.3 is 9.47 Å². The Labute approximate surface area is 153 Å². The van der Waals surface area contributed by atoms with E-state index in [-0.39, 0.29) is 18.2 Å². The Hall–Kier alpha value is -3.53. The van der Waals surface area contributed by atoms with E-state index < -0.39 is 11.9 Å². The summed E-state index contributed by atoms with van der Waals surface area (Å²) in [6.07, 6.45) is 3.25. The van der Waals surface area contributed by atoms with Crippen LogP contribution in [0.4, 0.5) is 13.2 Å². The third kappa shape index (κ3) is 4.36. The van der Waals surface area contributed by atoms with Crippen molar-refractivity contribution in [3.8, 4) is 40.8 Å². The molecule has 0 aliphatic heterocycles. The van der Waals surface area contributed by atoms with Gasteiger partial charge in [-0.3, -0.25) is 0 Å². The number of ether oxygens (including phenoxy) is 2. The number of halogens is 3. The van der Waals surface area contributed by atoms with Crippen molar-refractivity contribution in [2.45, 2.75) is 6.18 Å². The number of rotatable bonds is 5. The molecule has 0 radical (unpaired) electrons. The van der Waals surface area contributed by atoms with E-state index in [9.17, 15) is 13.2 Å². The average Bonchev–Trinajstić information content (AvgIpc) is 2.67. The molecular formula is C20H13F3N2O2. The number of alkyl halides is 3. The molecule has 0 saturated heterocycles. The quantitative estimate of drug-likeness (QED) is 0.595. The zero-order chi connectivity index (χ0) is 19.3. The van der Waals surface area contributed by atoms with Crippen molar-refractivity contribution in [2.24, 2.45) is 0 Å². The maximum Gasteiger partial charge on any atom is 0.433 e. The fraction of sp³-hybridized carbons (Fsp3) is 0.100. The molecule has 136 valence electrons. The zero-order valence-electron chi connectivity index (χ0n) is 13.9. The number of pyridine rings is 2. The Morgan fingerprint density at radius 3 is 2.44 bits per heavy atom. The summed E-state index contributed by atoms with van der Waals surface area (Å²) in [5.41, 5.74) is 0.296. The van der Waals surface area contributed by atoms with Crippen LogP contribution in [0.15, 0.2) is 60.9 Å². The minimum Gasteiger partial charge on any atom is -0.480 e. The summed E-state index contributed by atoms with van der Waals surface area (Å²) < 4.78 is 49.1. The molecule has 0 amide bonds. The van der Waals surface area contributed by atoms with Gasteiger partial charge in [-0.1, -0.05) is 24.1 Å². The maximum atomic E-state index is 12.6. The van der Waals surface area contributed by atoms with Crippen molar-refractivity contribution in [3.05, 3.63) is 66.6 Å². The monoisotopic (exact) mass is 370 g/mol. The van der Waals surface area contributed by atoms with Gasteiger partial charge in [0.15, 0.2) is 0 Å². The van der Waals surface area contributed by atoms with Gasteiger partial charge in [-0.2, -0.15) is 13.2 Å². The van der Waals surface area contributed by atoms with Gasteiger partial charge in [-0.15, -0.1) is 6.42 Å². The van der Waals surface area contributed by atoms with Crippen molar-refractivity contribution < 1.29 is 22.6 Å². The van der Waals surface area contributed by atoms with Crippen LogP contribution < -0.4 is 9.47 Å². The van der Waals surface area contributed by atoms with E-state index in [0.717, 1.165) is 12.3 Å². The van der Waals surface area contributed by atoms with Gasteiger partial charge in [0.1, 0.15) is 23.8 Å². The van der Waals surface area contributed by atoms with Crippen LogP contribution >= 0.6 is 0 Å². The fourth-order valence-electron chi connectivity index (χ4n) is 2.33. The fourth-order valence-corrected chi connectivity index (χ4v) is 2.33. The van der Waals surface area contributed by atoms with Crippen LogP contribution in [0.1, 0.15) is 5.69 Å². The summed E-state index contributed by atoms with van der Waals surface area (Å²) in [7, 11) is 0. The molecule has 4 nitrogen and oxygen atoms in total. The van der Waals surface area contributed by atoms with Crippen molar-refractivity contribution in [3.63, 3.8) is 0 Å². The molecule has 0 bridgehead atoms. The minimum atomic E-state index is -4.51. The van der Waals surface area contributed by atoms with E-state index in [1.807, 2.05) is 6.07 Å². The highest BCUT2D eigenvalue weighted by molar-refractivity contribution is 5.74. The molecule has 1 aromatic carbocycles. The van der Waals surface area contributed by atoms with Gasteiger partial charge in [0.25, 0.3) is 0 Å². The maximum absolute atomic E-state index is 12.6. The highest BCUT2D eigenvalue weighted by Crippen LogP contribution is 2.37. The molecule has 0 unspecified atom stereocenters. The molecule has 0 saturated carbocycles. The van der Waals surface area contributed by atoms with Crippen molar-refractivity contribution in [2.75, 3.05) is 6.61 Å². The van der Waals surface area contributed by atoms with E-state index in [1.54, 1.807) is 30.3 Å². The lowest BCUT2D eigenvalue weighted by Crippen LogP contribution is -2.07. The van der Waals surface area contributed by atoms with Gasteiger partial charge >= 0.3 is 6.18 Å². The largest absolute Gasteiger partial charge is 0.480 e. The number of aromatic nitrogens is 2. The normalized spacial score (nSPS) is 10.9. The summed E-state index contributed by atoms with van der Waals surface area (Å²) in [6, 6.07) is 12.7. The number of benzene rings is 1. The van der Waals surface area contributed by atoms with Gasteiger partial charge in [0, 0.05) is 17.3 Å². The lowest BCUT2D eigenvalue weighted by Gasteiger charge is -2.13. The van der Waals surface area contributed by atoms with Gasteiger partial charge in [-0.25, -0.2) is 9.97 Å². The first-order valence-electron chi connectivity index (χ1n) is 7.81. The van der Waals surface area contributed by atoms with Gasteiger partial charge in [-0.05, 0) is 30.3 Å². The summed E-state index contributed by atoms with van der Waals surface area (Å²) in [5.74, 6) is 3.27. The zero-order valence-corrected chi connectivity index (χ0v) is 13.9. The molecule has 2 heterocycles. The van der Waals surface area contributed by atoms with E-state index in [0.29, 0.717) is 16.9 Å². The first kappa shape index (κ1) is 18.3. The van der Waals surface area contributed by atoms with E-state index >= 15 is 0 Å². The number of para-hydroxylation sites is 1. The molecule has 0 atom stereocenters. The number of terminal acetylenes is 1. The smallest absolute Gasteiger partial charge is 0.433 e. The molecule has 7 heteroatoms. The molecule has 0 spiro atoms. The average molecular weight is 370 g/mol. The van der Waals surface area contributed by atoms with Crippen LogP contribution in [0.3, 0.4) is 0 Å². The SMILES string of the molecule is C#CCOc1ccccc1-c1cccnc1Oc1ccc(C(F)(F)F)nc1. The van der Waals surface area contributed by atoms with Crippen LogP contribution in [0.25, 0.3) is 11.1 Å². The molecule has 0 fully saturated rings.